The van der Waals surface area contributed by atoms with Crippen LogP contribution in [-0.2, 0) is 19.7 Å². The summed E-state index contributed by atoms with van der Waals surface area (Å²) < 4.78 is 4.95. The van der Waals surface area contributed by atoms with Crippen LogP contribution in [0, 0.1) is 0 Å². The highest BCUT2D eigenvalue weighted by Crippen LogP contribution is 2.22. The molecule has 2 amide bonds. The number of hydrogen-bond acceptors (Lipinski definition) is 4. The molecule has 144 valence electrons. The molecule has 6 nitrogen and oxygen atoms in total. The van der Waals surface area contributed by atoms with Crippen molar-refractivity contribution in [2.75, 3.05) is 6.61 Å². The van der Waals surface area contributed by atoms with Crippen LogP contribution in [0.2, 0.25) is 0 Å². The number of carbonyl (C=O) groups is 3. The lowest BCUT2D eigenvalue weighted by Crippen LogP contribution is -2.44. The normalized spacial score (nSPS) is 12.9. The molecule has 6 heteroatoms. The fourth-order valence-corrected chi connectivity index (χ4v) is 2.18. The lowest BCUT2D eigenvalue weighted by atomic mass is 9.86. The van der Waals surface area contributed by atoms with Crippen LogP contribution >= 0.6 is 0 Å². The molecule has 1 rings (SSSR count). The van der Waals surface area contributed by atoms with Crippen LogP contribution in [0.1, 0.15) is 64.4 Å². The van der Waals surface area contributed by atoms with Crippen LogP contribution in [0.3, 0.4) is 0 Å². The molecule has 0 aliphatic carbocycles. The van der Waals surface area contributed by atoms with Crippen molar-refractivity contribution in [1.29, 1.82) is 0 Å². The Morgan fingerprint density at radius 3 is 2.00 bits per heavy atom. The quantitative estimate of drug-likeness (QED) is 0.789. The van der Waals surface area contributed by atoms with Gasteiger partial charge in [-0.2, -0.15) is 0 Å². The molecule has 1 atom stereocenters. The van der Waals surface area contributed by atoms with E-state index >= 15 is 0 Å². The van der Waals surface area contributed by atoms with Crippen LogP contribution in [0.15, 0.2) is 24.3 Å². The first-order valence-corrected chi connectivity index (χ1v) is 8.68. The van der Waals surface area contributed by atoms with Gasteiger partial charge in [0, 0.05) is 11.1 Å². The van der Waals surface area contributed by atoms with Gasteiger partial charge in [0.25, 0.3) is 11.8 Å². The SMILES string of the molecule is C[C@H](NC(=O)c1ccc(C(C)(C)C)cc1)C(=O)OCC(=O)NC(C)(C)C. The molecule has 0 aliphatic rings. The molecule has 0 radical (unpaired) electrons. The zero-order chi connectivity index (χ0) is 20.1. The average Bonchev–Trinajstić information content (AvgIpc) is 2.50. The topological polar surface area (TPSA) is 84.5 Å². The molecule has 0 bridgehead atoms. The molecule has 0 unspecified atom stereocenters. The van der Waals surface area contributed by atoms with E-state index in [1.807, 2.05) is 32.9 Å². The van der Waals surface area contributed by atoms with Gasteiger partial charge in [-0.15, -0.1) is 0 Å². The molecule has 26 heavy (non-hydrogen) atoms. The van der Waals surface area contributed by atoms with E-state index in [0.29, 0.717) is 5.56 Å². The maximum Gasteiger partial charge on any atom is 0.328 e. The number of hydrogen-bond donors (Lipinski definition) is 2. The number of esters is 1. The standard InChI is InChI=1S/C20H30N2O4/c1-13(18(25)26-12-16(23)22-20(5,6)7)21-17(24)14-8-10-15(11-9-14)19(2,3)4/h8-11,13H,12H2,1-7H3,(H,21,24)(H,22,23)/t13-/m0/s1. The highest BCUT2D eigenvalue weighted by molar-refractivity contribution is 5.96. The Morgan fingerprint density at radius 2 is 1.54 bits per heavy atom. The molecule has 0 heterocycles. The van der Waals surface area contributed by atoms with E-state index in [2.05, 4.69) is 31.4 Å². The van der Waals surface area contributed by atoms with Crippen molar-refractivity contribution in [3.05, 3.63) is 35.4 Å². The number of carbonyl (C=O) groups excluding carboxylic acids is 3. The summed E-state index contributed by atoms with van der Waals surface area (Å²) in [4.78, 5) is 35.9. The smallest absolute Gasteiger partial charge is 0.328 e. The summed E-state index contributed by atoms with van der Waals surface area (Å²) >= 11 is 0. The Kier molecular flexibility index (Phi) is 6.95. The summed E-state index contributed by atoms with van der Waals surface area (Å²) in [7, 11) is 0. The lowest BCUT2D eigenvalue weighted by molar-refractivity contribution is -0.150. The van der Waals surface area contributed by atoms with E-state index in [1.165, 1.54) is 6.92 Å². The van der Waals surface area contributed by atoms with E-state index in [-0.39, 0.29) is 23.8 Å². The van der Waals surface area contributed by atoms with Crippen molar-refractivity contribution in [2.24, 2.45) is 0 Å². The molecule has 0 aromatic heterocycles. The number of benzene rings is 1. The maximum atomic E-state index is 12.2. The average molecular weight is 362 g/mol. The van der Waals surface area contributed by atoms with E-state index in [1.54, 1.807) is 12.1 Å². The second kappa shape index (κ2) is 8.34. The number of rotatable bonds is 5. The number of ether oxygens (including phenoxy) is 1. The van der Waals surface area contributed by atoms with Gasteiger partial charge in [0.05, 0.1) is 0 Å². The third kappa shape index (κ3) is 7.25. The van der Waals surface area contributed by atoms with E-state index in [9.17, 15) is 14.4 Å². The maximum absolute atomic E-state index is 12.2. The van der Waals surface area contributed by atoms with Gasteiger partial charge < -0.3 is 15.4 Å². The minimum absolute atomic E-state index is 0.000266. The van der Waals surface area contributed by atoms with Crippen molar-refractivity contribution < 1.29 is 19.1 Å². The highest BCUT2D eigenvalue weighted by Gasteiger charge is 2.21. The summed E-state index contributed by atoms with van der Waals surface area (Å²) in [6, 6.07) is 6.39. The predicted molar refractivity (Wildman–Crippen MR) is 101 cm³/mol. The number of nitrogens with one attached hydrogen (secondary N) is 2. The fourth-order valence-electron chi connectivity index (χ4n) is 2.18. The molecule has 0 aliphatic heterocycles. The van der Waals surface area contributed by atoms with Crippen LogP contribution in [0.4, 0.5) is 0 Å². The van der Waals surface area contributed by atoms with Crippen molar-refractivity contribution in [1.82, 2.24) is 10.6 Å². The third-order valence-electron chi connectivity index (χ3n) is 3.57. The lowest BCUT2D eigenvalue weighted by Gasteiger charge is -2.21. The molecule has 2 N–H and O–H groups in total. The largest absolute Gasteiger partial charge is 0.454 e. The minimum Gasteiger partial charge on any atom is -0.454 e. The summed E-state index contributed by atoms with van der Waals surface area (Å²) in [5.41, 5.74) is 1.18. The van der Waals surface area contributed by atoms with Gasteiger partial charge in [-0.1, -0.05) is 32.9 Å². The van der Waals surface area contributed by atoms with Crippen LogP contribution in [-0.4, -0.2) is 36.0 Å². The zero-order valence-electron chi connectivity index (χ0n) is 16.7. The Hall–Kier alpha value is -2.37. The molecule has 0 fully saturated rings. The Balaban J connectivity index is 2.55. The van der Waals surface area contributed by atoms with Crippen molar-refractivity contribution >= 4 is 17.8 Å². The first kappa shape index (κ1) is 21.7. The van der Waals surface area contributed by atoms with Crippen LogP contribution < -0.4 is 10.6 Å². The molecule has 1 aromatic carbocycles. The second-order valence-corrected chi connectivity index (χ2v) is 8.43. The minimum atomic E-state index is -0.854. The third-order valence-corrected chi connectivity index (χ3v) is 3.57. The van der Waals surface area contributed by atoms with Crippen molar-refractivity contribution in [3.8, 4) is 0 Å². The van der Waals surface area contributed by atoms with Gasteiger partial charge in [-0.3, -0.25) is 9.59 Å². The molecule has 0 spiro atoms. The Morgan fingerprint density at radius 1 is 1.00 bits per heavy atom. The summed E-state index contributed by atoms with van der Waals surface area (Å²) in [6.45, 7) is 12.9. The van der Waals surface area contributed by atoms with Gasteiger partial charge >= 0.3 is 5.97 Å². The van der Waals surface area contributed by atoms with Gasteiger partial charge in [0.2, 0.25) is 0 Å². The van der Waals surface area contributed by atoms with Gasteiger partial charge in [-0.05, 0) is 50.8 Å². The van der Waals surface area contributed by atoms with E-state index in [4.69, 9.17) is 4.74 Å². The molecule has 1 aromatic rings. The van der Waals surface area contributed by atoms with Gasteiger partial charge in [0.15, 0.2) is 6.61 Å². The highest BCUT2D eigenvalue weighted by atomic mass is 16.5. The van der Waals surface area contributed by atoms with Crippen molar-refractivity contribution in [3.63, 3.8) is 0 Å². The molecular formula is C20H30N2O4. The monoisotopic (exact) mass is 362 g/mol. The van der Waals surface area contributed by atoms with Crippen LogP contribution in [0.5, 0.6) is 0 Å². The number of amides is 2. The zero-order valence-corrected chi connectivity index (χ0v) is 16.7. The molecule has 0 saturated heterocycles. The van der Waals surface area contributed by atoms with Gasteiger partial charge in [-0.25, -0.2) is 4.79 Å². The molecule has 0 saturated carbocycles. The first-order valence-electron chi connectivity index (χ1n) is 8.68. The van der Waals surface area contributed by atoms with Gasteiger partial charge in [0.1, 0.15) is 6.04 Å². The molecular weight excluding hydrogens is 332 g/mol. The van der Waals surface area contributed by atoms with Crippen LogP contribution in [0.25, 0.3) is 0 Å². The summed E-state index contributed by atoms with van der Waals surface area (Å²) in [5, 5.41) is 5.27. The van der Waals surface area contributed by atoms with E-state index in [0.717, 1.165) is 5.56 Å². The van der Waals surface area contributed by atoms with E-state index < -0.39 is 17.6 Å². The summed E-state index contributed by atoms with van der Waals surface area (Å²) in [6.07, 6.45) is 0. The second-order valence-electron chi connectivity index (χ2n) is 8.43. The Bertz CT molecular complexity index is 652. The van der Waals surface area contributed by atoms with Crippen molar-refractivity contribution in [2.45, 2.75) is 65.5 Å². The predicted octanol–water partition coefficient (Wildman–Crippen LogP) is 2.56. The Labute approximate surface area is 155 Å². The summed E-state index contributed by atoms with van der Waals surface area (Å²) in [5.74, 6) is -1.41. The fraction of sp³-hybridized carbons (Fsp3) is 0.550. The first-order chi connectivity index (χ1) is 11.8.